The van der Waals surface area contributed by atoms with Crippen molar-refractivity contribution in [1.29, 1.82) is 0 Å². The SMILES string of the molecule is Cc1ccnc(NC(C2CC2)C2CC2)c1C(N)=S. The van der Waals surface area contributed by atoms with Crippen molar-refractivity contribution < 1.29 is 0 Å². The first-order chi connectivity index (χ1) is 8.66. The highest BCUT2D eigenvalue weighted by Crippen LogP contribution is 2.46. The van der Waals surface area contributed by atoms with Gasteiger partial charge >= 0.3 is 0 Å². The van der Waals surface area contributed by atoms with Crippen LogP contribution in [0.25, 0.3) is 0 Å². The quantitative estimate of drug-likeness (QED) is 0.800. The third-order valence-electron chi connectivity index (χ3n) is 3.97. The van der Waals surface area contributed by atoms with Crippen LogP contribution in [0.5, 0.6) is 0 Å². The first-order valence-corrected chi connectivity index (χ1v) is 7.09. The standard InChI is InChI=1S/C14H19N3S/c1-8-6-7-16-14(11(8)13(15)18)17-12(9-2-3-9)10-4-5-10/h6-7,9-10,12H,2-5H2,1H3,(H2,15,18)(H,16,17). The van der Waals surface area contributed by atoms with E-state index in [4.69, 9.17) is 18.0 Å². The monoisotopic (exact) mass is 261 g/mol. The third kappa shape index (κ3) is 2.34. The Kier molecular flexibility index (Phi) is 2.98. The van der Waals surface area contributed by atoms with Crippen LogP contribution < -0.4 is 11.1 Å². The van der Waals surface area contributed by atoms with Crippen LogP contribution in [0.4, 0.5) is 5.82 Å². The number of rotatable bonds is 5. The largest absolute Gasteiger partial charge is 0.389 e. The van der Waals surface area contributed by atoms with Gasteiger partial charge in [-0.1, -0.05) is 12.2 Å². The van der Waals surface area contributed by atoms with Crippen molar-refractivity contribution in [3.8, 4) is 0 Å². The molecular formula is C14H19N3S. The number of aromatic nitrogens is 1. The lowest BCUT2D eigenvalue weighted by Crippen LogP contribution is -2.27. The minimum atomic E-state index is 0.438. The fraction of sp³-hybridized carbons (Fsp3) is 0.571. The molecule has 0 saturated heterocycles. The fourth-order valence-electron chi connectivity index (χ4n) is 2.67. The molecule has 2 aliphatic rings. The highest BCUT2D eigenvalue weighted by Gasteiger charge is 2.41. The zero-order valence-electron chi connectivity index (χ0n) is 10.6. The predicted molar refractivity (Wildman–Crippen MR) is 77.7 cm³/mol. The maximum absolute atomic E-state index is 5.83. The lowest BCUT2D eigenvalue weighted by Gasteiger charge is -2.21. The van der Waals surface area contributed by atoms with Crippen molar-refractivity contribution in [2.75, 3.05) is 5.32 Å². The number of nitrogens with one attached hydrogen (secondary N) is 1. The van der Waals surface area contributed by atoms with Crippen molar-refractivity contribution in [2.45, 2.75) is 38.6 Å². The van der Waals surface area contributed by atoms with Crippen molar-refractivity contribution in [1.82, 2.24) is 4.98 Å². The van der Waals surface area contributed by atoms with Gasteiger partial charge < -0.3 is 11.1 Å². The summed E-state index contributed by atoms with van der Waals surface area (Å²) in [6.45, 7) is 2.03. The van der Waals surface area contributed by atoms with Gasteiger partial charge in [-0.25, -0.2) is 4.98 Å². The number of nitrogens with zero attached hydrogens (tertiary/aromatic N) is 1. The van der Waals surface area contributed by atoms with Gasteiger partial charge in [0.2, 0.25) is 0 Å². The van der Waals surface area contributed by atoms with E-state index >= 15 is 0 Å². The molecule has 2 fully saturated rings. The van der Waals surface area contributed by atoms with Gasteiger partial charge in [-0.15, -0.1) is 0 Å². The molecule has 0 aromatic carbocycles. The summed E-state index contributed by atoms with van der Waals surface area (Å²) in [4.78, 5) is 4.88. The van der Waals surface area contributed by atoms with Crippen molar-refractivity contribution in [2.24, 2.45) is 17.6 Å². The van der Waals surface area contributed by atoms with E-state index in [-0.39, 0.29) is 0 Å². The van der Waals surface area contributed by atoms with Gasteiger partial charge in [0.25, 0.3) is 0 Å². The van der Waals surface area contributed by atoms with E-state index in [9.17, 15) is 0 Å². The van der Waals surface area contributed by atoms with Gasteiger partial charge in [0.05, 0.1) is 5.56 Å². The summed E-state index contributed by atoms with van der Waals surface area (Å²) in [5.41, 5.74) is 7.84. The zero-order valence-corrected chi connectivity index (χ0v) is 11.5. The molecule has 0 spiro atoms. The Morgan fingerprint density at radius 2 is 2.00 bits per heavy atom. The van der Waals surface area contributed by atoms with E-state index in [1.807, 2.05) is 19.2 Å². The average Bonchev–Trinajstić information content (AvgIpc) is 3.17. The molecule has 0 atom stereocenters. The number of aryl methyl sites for hydroxylation is 1. The van der Waals surface area contributed by atoms with Crippen LogP contribution in [0.15, 0.2) is 12.3 Å². The molecule has 3 nitrogen and oxygen atoms in total. The average molecular weight is 261 g/mol. The van der Waals surface area contributed by atoms with Crippen LogP contribution >= 0.6 is 12.2 Å². The molecule has 0 radical (unpaired) electrons. The number of thiocarbonyl (C=S) groups is 1. The lowest BCUT2D eigenvalue weighted by atomic mass is 10.1. The highest BCUT2D eigenvalue weighted by atomic mass is 32.1. The number of hydrogen-bond acceptors (Lipinski definition) is 3. The molecule has 2 aliphatic carbocycles. The maximum atomic E-state index is 5.83. The minimum Gasteiger partial charge on any atom is -0.389 e. The molecule has 1 heterocycles. The zero-order chi connectivity index (χ0) is 12.7. The van der Waals surface area contributed by atoms with E-state index in [2.05, 4.69) is 10.3 Å². The first kappa shape index (κ1) is 11.9. The molecule has 1 aromatic rings. The Hall–Kier alpha value is -1.16. The molecule has 0 unspecified atom stereocenters. The molecule has 1 aromatic heterocycles. The van der Waals surface area contributed by atoms with Crippen LogP contribution in [0.1, 0.15) is 36.8 Å². The number of hydrogen-bond donors (Lipinski definition) is 2. The normalized spacial score (nSPS) is 19.0. The van der Waals surface area contributed by atoms with Crippen LogP contribution in [0, 0.1) is 18.8 Å². The summed E-state index contributed by atoms with van der Waals surface area (Å²) in [7, 11) is 0. The fourth-order valence-corrected chi connectivity index (χ4v) is 2.93. The van der Waals surface area contributed by atoms with Gasteiger partial charge in [-0.2, -0.15) is 0 Å². The van der Waals surface area contributed by atoms with E-state index in [0.29, 0.717) is 11.0 Å². The van der Waals surface area contributed by atoms with E-state index < -0.39 is 0 Å². The van der Waals surface area contributed by atoms with E-state index in [1.54, 1.807) is 0 Å². The topological polar surface area (TPSA) is 50.9 Å². The molecule has 0 aliphatic heterocycles. The van der Waals surface area contributed by atoms with Gasteiger partial charge in [-0.3, -0.25) is 0 Å². The van der Waals surface area contributed by atoms with Crippen LogP contribution in [0.3, 0.4) is 0 Å². The Bertz CT molecular complexity index is 466. The van der Waals surface area contributed by atoms with E-state index in [0.717, 1.165) is 28.8 Å². The van der Waals surface area contributed by atoms with Gasteiger partial charge in [0.15, 0.2) is 0 Å². The van der Waals surface area contributed by atoms with Crippen LogP contribution in [-0.2, 0) is 0 Å². The van der Waals surface area contributed by atoms with Crippen molar-refractivity contribution in [3.63, 3.8) is 0 Å². The van der Waals surface area contributed by atoms with E-state index in [1.165, 1.54) is 25.7 Å². The second-order valence-corrected chi connectivity index (χ2v) is 6.00. The molecular weight excluding hydrogens is 242 g/mol. The summed E-state index contributed by atoms with van der Waals surface area (Å²) in [5.74, 6) is 2.55. The Balaban J connectivity index is 1.86. The number of anilines is 1. The number of pyridine rings is 1. The molecule has 0 bridgehead atoms. The van der Waals surface area contributed by atoms with Gasteiger partial charge in [0.1, 0.15) is 10.8 Å². The second-order valence-electron chi connectivity index (χ2n) is 5.56. The number of nitrogens with two attached hydrogens (primary N) is 1. The summed E-state index contributed by atoms with van der Waals surface area (Å²) in [6, 6.07) is 2.54. The van der Waals surface area contributed by atoms with Crippen molar-refractivity contribution in [3.05, 3.63) is 23.4 Å². The third-order valence-corrected chi connectivity index (χ3v) is 4.17. The first-order valence-electron chi connectivity index (χ1n) is 6.68. The smallest absolute Gasteiger partial charge is 0.136 e. The Morgan fingerprint density at radius 1 is 1.39 bits per heavy atom. The van der Waals surface area contributed by atoms with Crippen molar-refractivity contribution >= 4 is 23.0 Å². The lowest BCUT2D eigenvalue weighted by molar-refractivity contribution is 0.565. The second kappa shape index (κ2) is 4.50. The van der Waals surface area contributed by atoms with Gasteiger partial charge in [0, 0.05) is 12.2 Å². The molecule has 2 saturated carbocycles. The summed E-state index contributed by atoms with van der Waals surface area (Å²) in [5, 5.41) is 3.62. The summed E-state index contributed by atoms with van der Waals surface area (Å²) in [6.07, 6.45) is 7.23. The Morgan fingerprint density at radius 3 is 2.50 bits per heavy atom. The molecule has 3 N–H and O–H groups in total. The summed E-state index contributed by atoms with van der Waals surface area (Å²) >= 11 is 5.15. The van der Waals surface area contributed by atoms with Crippen LogP contribution in [-0.4, -0.2) is 16.0 Å². The molecule has 4 heteroatoms. The summed E-state index contributed by atoms with van der Waals surface area (Å²) < 4.78 is 0. The van der Waals surface area contributed by atoms with Crippen LogP contribution in [0.2, 0.25) is 0 Å². The molecule has 0 amide bonds. The molecule has 18 heavy (non-hydrogen) atoms. The molecule has 96 valence electrons. The molecule has 3 rings (SSSR count). The van der Waals surface area contributed by atoms with Gasteiger partial charge in [-0.05, 0) is 56.1 Å². The highest BCUT2D eigenvalue weighted by molar-refractivity contribution is 7.80. The minimum absolute atomic E-state index is 0.438. The predicted octanol–water partition coefficient (Wildman–Crippen LogP) is 2.62. The Labute approximate surface area is 113 Å². The maximum Gasteiger partial charge on any atom is 0.136 e.